The van der Waals surface area contributed by atoms with E-state index in [2.05, 4.69) is 9.97 Å². The molecule has 0 amide bonds. The maximum Gasteiger partial charge on any atom is 0.130 e. The van der Waals surface area contributed by atoms with E-state index < -0.39 is 0 Å². The van der Waals surface area contributed by atoms with Crippen LogP contribution in [0.25, 0.3) is 0 Å². The zero-order valence-corrected chi connectivity index (χ0v) is 9.51. The first-order valence-corrected chi connectivity index (χ1v) is 4.99. The van der Waals surface area contributed by atoms with Gasteiger partial charge in [0.05, 0.1) is 12.0 Å². The van der Waals surface area contributed by atoms with Crippen LogP contribution in [-0.2, 0) is 11.2 Å². The summed E-state index contributed by atoms with van der Waals surface area (Å²) in [6.45, 7) is 4.44. The summed E-state index contributed by atoms with van der Waals surface area (Å²) in [5.41, 5.74) is 1.96. The molecule has 0 saturated heterocycles. The van der Waals surface area contributed by atoms with Gasteiger partial charge in [0.15, 0.2) is 0 Å². The molecule has 0 aliphatic heterocycles. The van der Waals surface area contributed by atoms with Crippen LogP contribution in [0.15, 0.2) is 6.07 Å². The number of rotatable bonds is 4. The first-order chi connectivity index (χ1) is 6.61. The molecule has 1 aromatic heterocycles. The quantitative estimate of drug-likeness (QED) is 0.718. The van der Waals surface area contributed by atoms with Crippen LogP contribution in [0.5, 0.6) is 0 Å². The zero-order chi connectivity index (χ0) is 10.6. The number of hydrogen-bond acceptors (Lipinski definition) is 3. The largest absolute Gasteiger partial charge is 0.383 e. The fraction of sp³-hybridized carbons (Fsp3) is 0.600. The van der Waals surface area contributed by atoms with Crippen molar-refractivity contribution in [3.63, 3.8) is 0 Å². The summed E-state index contributed by atoms with van der Waals surface area (Å²) >= 11 is 6.02. The molecule has 1 rings (SSSR count). The Balaban J connectivity index is 2.66. The van der Waals surface area contributed by atoms with Gasteiger partial charge in [-0.1, -0.05) is 0 Å². The van der Waals surface area contributed by atoms with Gasteiger partial charge in [-0.2, -0.15) is 0 Å². The average Bonchev–Trinajstić information content (AvgIpc) is 2.01. The molecule has 1 aromatic rings. The number of aromatic nitrogens is 2. The molecule has 0 N–H and O–H groups in total. The van der Waals surface area contributed by atoms with Crippen molar-refractivity contribution in [2.45, 2.75) is 25.6 Å². The first-order valence-electron chi connectivity index (χ1n) is 4.56. The van der Waals surface area contributed by atoms with Gasteiger partial charge in [0.25, 0.3) is 0 Å². The summed E-state index contributed by atoms with van der Waals surface area (Å²) in [6.07, 6.45) is 0.651. The topological polar surface area (TPSA) is 35.0 Å². The molecule has 1 unspecified atom stereocenters. The number of aryl methyl sites for hydroxylation is 2. The van der Waals surface area contributed by atoms with Crippen LogP contribution in [-0.4, -0.2) is 29.1 Å². The van der Waals surface area contributed by atoms with E-state index in [9.17, 15) is 0 Å². The van der Waals surface area contributed by atoms with E-state index >= 15 is 0 Å². The molecular formula is C10H15ClN2O. The van der Waals surface area contributed by atoms with Crippen LogP contribution < -0.4 is 0 Å². The molecule has 0 radical (unpaired) electrons. The van der Waals surface area contributed by atoms with Gasteiger partial charge in [0, 0.05) is 24.9 Å². The van der Waals surface area contributed by atoms with Gasteiger partial charge in [0.1, 0.15) is 5.82 Å². The Morgan fingerprint density at radius 3 is 2.43 bits per heavy atom. The minimum absolute atomic E-state index is 0.0544. The monoisotopic (exact) mass is 214 g/mol. The summed E-state index contributed by atoms with van der Waals surface area (Å²) in [7, 11) is 1.64. The van der Waals surface area contributed by atoms with Gasteiger partial charge >= 0.3 is 0 Å². The van der Waals surface area contributed by atoms with Crippen LogP contribution in [0.3, 0.4) is 0 Å². The maximum absolute atomic E-state index is 6.02. The number of alkyl halides is 1. The summed E-state index contributed by atoms with van der Waals surface area (Å²) < 4.78 is 4.95. The first kappa shape index (κ1) is 11.4. The second-order valence-electron chi connectivity index (χ2n) is 3.32. The van der Waals surface area contributed by atoms with Crippen molar-refractivity contribution in [2.75, 3.05) is 13.7 Å². The van der Waals surface area contributed by atoms with Crippen molar-refractivity contribution in [3.8, 4) is 0 Å². The molecule has 0 aromatic carbocycles. The molecule has 1 atom stereocenters. The zero-order valence-electron chi connectivity index (χ0n) is 8.75. The number of hydrogen-bond donors (Lipinski definition) is 0. The van der Waals surface area contributed by atoms with E-state index in [0.29, 0.717) is 13.0 Å². The lowest BCUT2D eigenvalue weighted by Gasteiger charge is -2.07. The summed E-state index contributed by atoms with van der Waals surface area (Å²) in [5.74, 6) is 0.791. The highest BCUT2D eigenvalue weighted by Gasteiger charge is 2.08. The molecule has 0 spiro atoms. The normalized spacial score (nSPS) is 12.9. The Kier molecular flexibility index (Phi) is 4.29. The number of nitrogens with zero attached hydrogens (tertiary/aromatic N) is 2. The second kappa shape index (κ2) is 5.27. The van der Waals surface area contributed by atoms with Crippen LogP contribution in [0.2, 0.25) is 0 Å². The summed E-state index contributed by atoms with van der Waals surface area (Å²) in [5, 5.41) is -0.0544. The highest BCUT2D eigenvalue weighted by molar-refractivity contribution is 6.20. The molecule has 0 fully saturated rings. The van der Waals surface area contributed by atoms with E-state index in [-0.39, 0.29) is 5.38 Å². The minimum atomic E-state index is -0.0544. The molecule has 0 saturated carbocycles. The van der Waals surface area contributed by atoms with Gasteiger partial charge in [-0.05, 0) is 19.9 Å². The third-order valence-corrected chi connectivity index (χ3v) is 2.06. The number of halogens is 1. The third-order valence-electron chi connectivity index (χ3n) is 1.78. The molecule has 0 aliphatic carbocycles. The van der Waals surface area contributed by atoms with E-state index in [0.717, 1.165) is 17.2 Å². The fourth-order valence-corrected chi connectivity index (χ4v) is 1.59. The number of ether oxygens (including phenoxy) is 1. The molecule has 78 valence electrons. The molecule has 1 heterocycles. The van der Waals surface area contributed by atoms with E-state index in [1.54, 1.807) is 7.11 Å². The molecule has 0 bridgehead atoms. The SMILES string of the molecule is COCC(Cl)Cc1nc(C)cc(C)n1. The Labute approximate surface area is 89.5 Å². The standard InChI is InChI=1S/C10H15ClN2O/c1-7-4-8(2)13-10(12-7)5-9(11)6-14-3/h4,9H,5-6H2,1-3H3. The average molecular weight is 215 g/mol. The van der Waals surface area contributed by atoms with Crippen molar-refractivity contribution in [2.24, 2.45) is 0 Å². The Morgan fingerprint density at radius 2 is 1.93 bits per heavy atom. The molecule has 3 nitrogen and oxygen atoms in total. The van der Waals surface area contributed by atoms with Crippen molar-refractivity contribution in [1.82, 2.24) is 9.97 Å². The van der Waals surface area contributed by atoms with Gasteiger partial charge in [-0.15, -0.1) is 11.6 Å². The third kappa shape index (κ3) is 3.60. The lowest BCUT2D eigenvalue weighted by molar-refractivity contribution is 0.197. The van der Waals surface area contributed by atoms with Crippen molar-refractivity contribution >= 4 is 11.6 Å². The Bertz CT molecular complexity index is 284. The molecule has 0 aliphatic rings. The van der Waals surface area contributed by atoms with Crippen LogP contribution in [0, 0.1) is 13.8 Å². The van der Waals surface area contributed by atoms with Gasteiger partial charge in [0.2, 0.25) is 0 Å². The van der Waals surface area contributed by atoms with Crippen molar-refractivity contribution in [1.29, 1.82) is 0 Å². The second-order valence-corrected chi connectivity index (χ2v) is 3.94. The van der Waals surface area contributed by atoms with Crippen LogP contribution in [0.4, 0.5) is 0 Å². The van der Waals surface area contributed by atoms with Crippen LogP contribution >= 0.6 is 11.6 Å². The predicted molar refractivity (Wildman–Crippen MR) is 56.7 cm³/mol. The van der Waals surface area contributed by atoms with Crippen LogP contribution in [0.1, 0.15) is 17.2 Å². The number of methoxy groups -OCH3 is 1. The molecule has 4 heteroatoms. The van der Waals surface area contributed by atoms with Gasteiger partial charge in [-0.25, -0.2) is 9.97 Å². The smallest absolute Gasteiger partial charge is 0.130 e. The van der Waals surface area contributed by atoms with E-state index in [4.69, 9.17) is 16.3 Å². The molecule has 14 heavy (non-hydrogen) atoms. The molecular weight excluding hydrogens is 200 g/mol. The lowest BCUT2D eigenvalue weighted by atomic mass is 10.2. The van der Waals surface area contributed by atoms with E-state index in [1.807, 2.05) is 19.9 Å². The van der Waals surface area contributed by atoms with E-state index in [1.165, 1.54) is 0 Å². The van der Waals surface area contributed by atoms with Gasteiger partial charge < -0.3 is 4.74 Å². The lowest BCUT2D eigenvalue weighted by Crippen LogP contribution is -2.13. The van der Waals surface area contributed by atoms with Crippen molar-refractivity contribution < 1.29 is 4.74 Å². The fourth-order valence-electron chi connectivity index (χ4n) is 1.33. The highest BCUT2D eigenvalue weighted by Crippen LogP contribution is 2.06. The maximum atomic E-state index is 6.02. The Morgan fingerprint density at radius 1 is 1.36 bits per heavy atom. The Hall–Kier alpha value is -0.670. The summed E-state index contributed by atoms with van der Waals surface area (Å²) in [4.78, 5) is 8.61. The predicted octanol–water partition coefficient (Wildman–Crippen LogP) is 1.89. The van der Waals surface area contributed by atoms with Crippen molar-refractivity contribution in [3.05, 3.63) is 23.3 Å². The summed E-state index contributed by atoms with van der Waals surface area (Å²) in [6, 6.07) is 1.95. The van der Waals surface area contributed by atoms with Gasteiger partial charge in [-0.3, -0.25) is 0 Å². The minimum Gasteiger partial charge on any atom is -0.383 e. The highest BCUT2D eigenvalue weighted by atomic mass is 35.5.